The lowest BCUT2D eigenvalue weighted by molar-refractivity contribution is 0.136. The number of nitrogens with zero attached hydrogens (tertiary/aromatic N) is 3. The zero-order chi connectivity index (χ0) is 18.9. The van der Waals surface area contributed by atoms with Gasteiger partial charge < -0.3 is 4.42 Å². The second kappa shape index (κ2) is 7.80. The van der Waals surface area contributed by atoms with Crippen LogP contribution in [0.2, 0.25) is 5.02 Å². The first kappa shape index (κ1) is 19.5. The van der Waals surface area contributed by atoms with Gasteiger partial charge >= 0.3 is 0 Å². The summed E-state index contributed by atoms with van der Waals surface area (Å²) in [5.74, 6) is 1.18. The zero-order valence-corrected chi connectivity index (χ0v) is 17.1. The fraction of sp³-hybridized carbons (Fsp3) is 0.529. The molecular weight excluding hydrogens is 394 g/mol. The van der Waals surface area contributed by atoms with Gasteiger partial charge in [-0.3, -0.25) is 4.90 Å². The van der Waals surface area contributed by atoms with Crippen molar-refractivity contribution >= 4 is 33.7 Å². The van der Waals surface area contributed by atoms with Gasteiger partial charge in [-0.1, -0.05) is 37.6 Å². The topological polar surface area (TPSA) is 68.3 Å². The van der Waals surface area contributed by atoms with Gasteiger partial charge in [-0.15, -0.1) is 5.10 Å². The molecule has 0 spiro atoms. The normalized spacial score (nSPS) is 19.5. The number of aromatic nitrogens is 2. The Morgan fingerprint density at radius 2 is 2.15 bits per heavy atom. The van der Waals surface area contributed by atoms with E-state index in [-0.39, 0.29) is 22.4 Å². The van der Waals surface area contributed by atoms with Crippen molar-refractivity contribution in [3.05, 3.63) is 34.1 Å². The number of sulfone groups is 1. The highest BCUT2D eigenvalue weighted by Crippen LogP contribution is 2.27. The van der Waals surface area contributed by atoms with Crippen LogP contribution in [-0.4, -0.2) is 47.2 Å². The van der Waals surface area contributed by atoms with Gasteiger partial charge in [0, 0.05) is 12.6 Å². The minimum atomic E-state index is -2.96. The molecular formula is C17H22ClN3O3S2. The van der Waals surface area contributed by atoms with Crippen molar-refractivity contribution < 1.29 is 12.8 Å². The molecule has 3 rings (SSSR count). The second-order valence-corrected chi connectivity index (χ2v) is 10.0. The molecule has 1 aliphatic heterocycles. The van der Waals surface area contributed by atoms with Crippen molar-refractivity contribution in [2.45, 2.75) is 33.0 Å². The largest absolute Gasteiger partial charge is 0.409 e. The van der Waals surface area contributed by atoms with E-state index in [1.165, 1.54) is 0 Å². The predicted molar refractivity (Wildman–Crippen MR) is 104 cm³/mol. The lowest BCUT2D eigenvalue weighted by Gasteiger charge is -2.29. The molecule has 6 nitrogen and oxygen atoms in total. The van der Waals surface area contributed by atoms with Crippen LogP contribution in [0.5, 0.6) is 0 Å². The molecule has 0 unspecified atom stereocenters. The Labute approximate surface area is 163 Å². The molecule has 26 heavy (non-hydrogen) atoms. The molecule has 0 saturated carbocycles. The number of halogens is 1. The molecule has 2 aromatic rings. The molecule has 0 bridgehead atoms. The Balaban J connectivity index is 1.85. The van der Waals surface area contributed by atoms with Crippen LogP contribution in [0.3, 0.4) is 0 Å². The quantitative estimate of drug-likeness (QED) is 0.671. The minimum Gasteiger partial charge on any atom is -0.409 e. The monoisotopic (exact) mass is 415 g/mol. The Kier molecular flexibility index (Phi) is 5.86. The van der Waals surface area contributed by atoms with Crippen LogP contribution in [0.4, 0.5) is 0 Å². The molecule has 0 amide bonds. The van der Waals surface area contributed by atoms with E-state index in [1.54, 1.807) is 10.7 Å². The van der Waals surface area contributed by atoms with Crippen LogP contribution in [0, 0.1) is 10.8 Å². The summed E-state index contributed by atoms with van der Waals surface area (Å²) in [5.41, 5.74) is 0.679. The summed E-state index contributed by atoms with van der Waals surface area (Å²) in [5, 5.41) is 5.00. The van der Waals surface area contributed by atoms with E-state index >= 15 is 0 Å². The van der Waals surface area contributed by atoms with Crippen molar-refractivity contribution in [3.8, 4) is 11.5 Å². The van der Waals surface area contributed by atoms with E-state index in [9.17, 15) is 8.42 Å². The van der Waals surface area contributed by atoms with Crippen molar-refractivity contribution in [2.75, 3.05) is 18.1 Å². The van der Waals surface area contributed by atoms with E-state index in [2.05, 4.69) is 23.8 Å². The first-order chi connectivity index (χ1) is 12.2. The molecule has 1 fully saturated rings. The van der Waals surface area contributed by atoms with E-state index in [1.807, 2.05) is 18.2 Å². The molecule has 1 aromatic carbocycles. The molecule has 1 aromatic heterocycles. The lowest BCUT2D eigenvalue weighted by Crippen LogP contribution is -2.40. The van der Waals surface area contributed by atoms with E-state index < -0.39 is 9.84 Å². The van der Waals surface area contributed by atoms with Crippen LogP contribution in [-0.2, 0) is 16.5 Å². The van der Waals surface area contributed by atoms with Crippen LogP contribution in [0.25, 0.3) is 11.5 Å². The molecule has 1 saturated heterocycles. The summed E-state index contributed by atoms with van der Waals surface area (Å²) in [7, 11) is -2.96. The van der Waals surface area contributed by atoms with Gasteiger partial charge in [0.05, 0.1) is 28.8 Å². The first-order valence-corrected chi connectivity index (χ1v) is 11.1. The number of hydrogen-bond acceptors (Lipinski definition) is 6. The maximum Gasteiger partial charge on any atom is 0.288 e. The van der Waals surface area contributed by atoms with Gasteiger partial charge in [0.15, 0.2) is 9.84 Å². The summed E-state index contributed by atoms with van der Waals surface area (Å²) >= 11 is 11.5. The molecule has 0 aliphatic carbocycles. The van der Waals surface area contributed by atoms with Crippen LogP contribution in [0.1, 0.15) is 20.3 Å². The zero-order valence-electron chi connectivity index (χ0n) is 14.8. The van der Waals surface area contributed by atoms with E-state index in [4.69, 9.17) is 28.2 Å². The molecule has 0 N–H and O–H groups in total. The fourth-order valence-electron chi connectivity index (χ4n) is 3.17. The Morgan fingerprint density at radius 3 is 2.77 bits per heavy atom. The average Bonchev–Trinajstić information content (AvgIpc) is 3.09. The summed E-state index contributed by atoms with van der Waals surface area (Å²) < 4.78 is 31.0. The van der Waals surface area contributed by atoms with Gasteiger partial charge in [-0.05, 0) is 36.7 Å². The fourth-order valence-corrected chi connectivity index (χ4v) is 5.32. The van der Waals surface area contributed by atoms with E-state index in [0.29, 0.717) is 35.5 Å². The van der Waals surface area contributed by atoms with Crippen molar-refractivity contribution in [1.82, 2.24) is 14.7 Å². The van der Waals surface area contributed by atoms with Crippen LogP contribution in [0.15, 0.2) is 28.7 Å². The third-order valence-electron chi connectivity index (χ3n) is 4.35. The maximum atomic E-state index is 11.9. The van der Waals surface area contributed by atoms with Crippen LogP contribution < -0.4 is 0 Å². The third kappa shape index (κ3) is 4.54. The summed E-state index contributed by atoms with van der Waals surface area (Å²) in [6, 6.07) is 7.26. The van der Waals surface area contributed by atoms with Crippen molar-refractivity contribution in [3.63, 3.8) is 0 Å². The number of benzene rings is 1. The Hall–Kier alpha value is -1.22. The molecule has 1 atom stereocenters. The molecule has 2 heterocycles. The molecule has 1 aliphatic rings. The van der Waals surface area contributed by atoms with Crippen LogP contribution >= 0.6 is 23.8 Å². The lowest BCUT2D eigenvalue weighted by atomic mass is 10.1. The van der Waals surface area contributed by atoms with Gasteiger partial charge in [-0.2, -0.15) is 0 Å². The SMILES string of the molecule is CC(C)CN(Cn1nc(-c2ccccc2Cl)oc1=S)[C@@H]1CCS(=O)(=O)C1. The number of hydrogen-bond donors (Lipinski definition) is 0. The van der Waals surface area contributed by atoms with Gasteiger partial charge in [0.25, 0.3) is 4.84 Å². The highest BCUT2D eigenvalue weighted by atomic mass is 35.5. The summed E-state index contributed by atoms with van der Waals surface area (Å²) in [4.78, 5) is 2.37. The highest BCUT2D eigenvalue weighted by molar-refractivity contribution is 7.91. The highest BCUT2D eigenvalue weighted by Gasteiger charge is 2.33. The van der Waals surface area contributed by atoms with E-state index in [0.717, 1.165) is 6.54 Å². The summed E-state index contributed by atoms with van der Waals surface area (Å²) in [6.07, 6.45) is 0.637. The predicted octanol–water partition coefficient (Wildman–Crippen LogP) is 3.63. The second-order valence-electron chi connectivity index (χ2n) is 7.02. The van der Waals surface area contributed by atoms with Crippen molar-refractivity contribution in [2.24, 2.45) is 5.92 Å². The standard InChI is InChI=1S/C17H22ClN3O3S2/c1-12(2)9-20(13-7-8-26(22,23)10-13)11-21-17(25)24-16(19-21)14-5-3-4-6-15(14)18/h3-6,12-13H,7-11H2,1-2H3/t13-/m1/s1. The molecule has 0 radical (unpaired) electrons. The third-order valence-corrected chi connectivity index (χ3v) is 6.72. The Morgan fingerprint density at radius 1 is 1.42 bits per heavy atom. The van der Waals surface area contributed by atoms with Gasteiger partial charge in [-0.25, -0.2) is 13.1 Å². The smallest absolute Gasteiger partial charge is 0.288 e. The van der Waals surface area contributed by atoms with Crippen molar-refractivity contribution in [1.29, 1.82) is 0 Å². The first-order valence-electron chi connectivity index (χ1n) is 8.52. The van der Waals surface area contributed by atoms with Gasteiger partial charge in [0.1, 0.15) is 0 Å². The number of rotatable bonds is 6. The Bertz CT molecular complexity index is 937. The molecule has 142 valence electrons. The average molecular weight is 416 g/mol. The molecule has 9 heteroatoms. The maximum absolute atomic E-state index is 11.9. The van der Waals surface area contributed by atoms with Gasteiger partial charge in [0.2, 0.25) is 5.89 Å². The minimum absolute atomic E-state index is 0.0234. The summed E-state index contributed by atoms with van der Waals surface area (Å²) in [6.45, 7) is 5.36.